The highest BCUT2D eigenvalue weighted by Gasteiger charge is 2.44. The Morgan fingerprint density at radius 3 is 1.82 bits per heavy atom. The largest absolute Gasteiger partial charge is 0.0625 e. The van der Waals surface area contributed by atoms with Crippen LogP contribution >= 0.6 is 0 Å². The van der Waals surface area contributed by atoms with Gasteiger partial charge in [0, 0.05) is 0 Å². The molecule has 7 atom stereocenters. The first-order chi connectivity index (χ1) is 7.91. The van der Waals surface area contributed by atoms with Gasteiger partial charge in [-0.2, -0.15) is 0 Å². The van der Waals surface area contributed by atoms with Crippen molar-refractivity contribution in [1.29, 1.82) is 0 Å². The van der Waals surface area contributed by atoms with Crippen LogP contribution in [0, 0.1) is 47.3 Å². The van der Waals surface area contributed by atoms with Crippen molar-refractivity contribution in [2.75, 3.05) is 0 Å². The zero-order valence-electron chi connectivity index (χ0n) is 12.7. The Hall–Kier alpha value is 0. The van der Waals surface area contributed by atoms with Crippen molar-refractivity contribution >= 4 is 0 Å². The van der Waals surface area contributed by atoms with Crippen LogP contribution < -0.4 is 0 Å². The Bertz CT molecular complexity index is 255. The van der Waals surface area contributed by atoms with E-state index in [2.05, 4.69) is 41.5 Å². The number of hydrogen-bond acceptors (Lipinski definition) is 0. The predicted molar refractivity (Wildman–Crippen MR) is 75.8 cm³/mol. The molecule has 0 nitrogen and oxygen atoms in total. The molecule has 17 heavy (non-hydrogen) atoms. The second kappa shape index (κ2) is 4.94. The third kappa shape index (κ3) is 2.42. The Balaban J connectivity index is 2.19. The molecule has 2 saturated carbocycles. The van der Waals surface area contributed by atoms with E-state index in [0.717, 1.165) is 47.3 Å². The van der Waals surface area contributed by atoms with Gasteiger partial charge in [0.05, 0.1) is 0 Å². The third-order valence-electron chi connectivity index (χ3n) is 6.50. The summed E-state index contributed by atoms with van der Waals surface area (Å²) in [5, 5.41) is 0. The van der Waals surface area contributed by atoms with Crippen LogP contribution in [-0.2, 0) is 0 Å². The molecule has 0 aromatic heterocycles. The lowest BCUT2D eigenvalue weighted by molar-refractivity contribution is 0.178. The van der Waals surface area contributed by atoms with Crippen LogP contribution in [-0.4, -0.2) is 0 Å². The molecule has 0 N–H and O–H groups in total. The first-order valence-electron chi connectivity index (χ1n) is 7.91. The number of fused-ring (bicyclic) bond motifs is 1. The zero-order chi connectivity index (χ0) is 12.7. The molecule has 0 radical (unpaired) electrons. The average Bonchev–Trinajstić information content (AvgIpc) is 2.42. The second-order valence-electron chi connectivity index (χ2n) is 7.71. The predicted octanol–water partition coefficient (Wildman–Crippen LogP) is 5.23. The van der Waals surface area contributed by atoms with E-state index >= 15 is 0 Å². The zero-order valence-corrected chi connectivity index (χ0v) is 12.7. The fourth-order valence-electron chi connectivity index (χ4n) is 4.92. The standard InChI is InChI=1S/C17H32/c1-10(2)16-9-17-14(6)12(4)8-15(17)7-11(3)13(16)5/h10-17H,7-9H2,1-6H3. The summed E-state index contributed by atoms with van der Waals surface area (Å²) in [6.45, 7) is 14.9. The molecule has 0 bridgehead atoms. The van der Waals surface area contributed by atoms with Crippen molar-refractivity contribution < 1.29 is 0 Å². The van der Waals surface area contributed by atoms with Crippen molar-refractivity contribution in [2.45, 2.75) is 60.8 Å². The van der Waals surface area contributed by atoms with Gasteiger partial charge in [-0.05, 0) is 66.6 Å². The normalized spacial score (nSPS) is 51.4. The smallest absolute Gasteiger partial charge is 0.0354 e. The summed E-state index contributed by atoms with van der Waals surface area (Å²) in [5.74, 6) is 7.73. The molecule has 0 aliphatic heterocycles. The van der Waals surface area contributed by atoms with Gasteiger partial charge in [-0.15, -0.1) is 0 Å². The third-order valence-corrected chi connectivity index (χ3v) is 6.50. The lowest BCUT2D eigenvalue weighted by Gasteiger charge is -2.31. The monoisotopic (exact) mass is 236 g/mol. The minimum atomic E-state index is 0.870. The Morgan fingerprint density at radius 2 is 1.29 bits per heavy atom. The van der Waals surface area contributed by atoms with Gasteiger partial charge in [-0.1, -0.05) is 41.5 Å². The van der Waals surface area contributed by atoms with E-state index in [1.165, 1.54) is 19.3 Å². The van der Waals surface area contributed by atoms with Crippen LogP contribution in [0.3, 0.4) is 0 Å². The maximum atomic E-state index is 2.52. The van der Waals surface area contributed by atoms with E-state index in [-0.39, 0.29) is 0 Å². The van der Waals surface area contributed by atoms with E-state index in [4.69, 9.17) is 0 Å². The van der Waals surface area contributed by atoms with Crippen LogP contribution in [0.25, 0.3) is 0 Å². The number of rotatable bonds is 1. The van der Waals surface area contributed by atoms with Crippen molar-refractivity contribution in [2.24, 2.45) is 47.3 Å². The van der Waals surface area contributed by atoms with Crippen LogP contribution in [0.2, 0.25) is 0 Å². The molecular weight excluding hydrogens is 204 g/mol. The van der Waals surface area contributed by atoms with Crippen molar-refractivity contribution in [3.8, 4) is 0 Å². The van der Waals surface area contributed by atoms with E-state index in [1.807, 2.05) is 0 Å². The summed E-state index contributed by atoms with van der Waals surface area (Å²) < 4.78 is 0. The molecule has 2 aliphatic rings. The van der Waals surface area contributed by atoms with Gasteiger partial charge in [0.15, 0.2) is 0 Å². The Labute approximate surface area is 109 Å². The fraction of sp³-hybridized carbons (Fsp3) is 1.00. The maximum absolute atomic E-state index is 2.52. The first-order valence-corrected chi connectivity index (χ1v) is 7.91. The molecule has 0 heteroatoms. The van der Waals surface area contributed by atoms with Crippen LogP contribution in [0.15, 0.2) is 0 Å². The highest BCUT2D eigenvalue weighted by Crippen LogP contribution is 2.52. The molecule has 0 amide bonds. The highest BCUT2D eigenvalue weighted by atomic mass is 14.5. The molecular formula is C17H32. The molecule has 2 fully saturated rings. The summed E-state index contributed by atoms with van der Waals surface area (Å²) in [5.41, 5.74) is 0. The molecule has 0 spiro atoms. The average molecular weight is 236 g/mol. The lowest BCUT2D eigenvalue weighted by atomic mass is 9.74. The van der Waals surface area contributed by atoms with Crippen LogP contribution in [0.1, 0.15) is 60.8 Å². The van der Waals surface area contributed by atoms with Gasteiger partial charge < -0.3 is 0 Å². The highest BCUT2D eigenvalue weighted by molar-refractivity contribution is 4.93. The summed E-state index contributed by atoms with van der Waals surface area (Å²) in [7, 11) is 0. The van der Waals surface area contributed by atoms with Gasteiger partial charge in [0.2, 0.25) is 0 Å². The minimum Gasteiger partial charge on any atom is -0.0625 e. The van der Waals surface area contributed by atoms with E-state index < -0.39 is 0 Å². The summed E-state index contributed by atoms with van der Waals surface area (Å²) in [6.07, 6.45) is 4.52. The lowest BCUT2D eigenvalue weighted by Crippen LogP contribution is -2.24. The second-order valence-corrected chi connectivity index (χ2v) is 7.71. The maximum Gasteiger partial charge on any atom is -0.0354 e. The van der Waals surface area contributed by atoms with Crippen molar-refractivity contribution in [3.63, 3.8) is 0 Å². The number of hydrogen-bond donors (Lipinski definition) is 0. The molecule has 0 saturated heterocycles. The van der Waals surface area contributed by atoms with E-state index in [1.54, 1.807) is 0 Å². The summed E-state index contributed by atoms with van der Waals surface area (Å²) in [6, 6.07) is 0. The molecule has 2 aliphatic carbocycles. The topological polar surface area (TPSA) is 0 Å². The van der Waals surface area contributed by atoms with Gasteiger partial charge in [-0.3, -0.25) is 0 Å². The Kier molecular flexibility index (Phi) is 3.90. The quantitative estimate of drug-likeness (QED) is 0.584. The fourth-order valence-corrected chi connectivity index (χ4v) is 4.92. The summed E-state index contributed by atoms with van der Waals surface area (Å²) >= 11 is 0. The van der Waals surface area contributed by atoms with Crippen molar-refractivity contribution in [3.05, 3.63) is 0 Å². The van der Waals surface area contributed by atoms with E-state index in [0.29, 0.717) is 0 Å². The van der Waals surface area contributed by atoms with Crippen LogP contribution in [0.4, 0.5) is 0 Å². The molecule has 0 aromatic rings. The molecule has 100 valence electrons. The minimum absolute atomic E-state index is 0.870. The summed E-state index contributed by atoms with van der Waals surface area (Å²) in [4.78, 5) is 0. The van der Waals surface area contributed by atoms with Gasteiger partial charge in [0.25, 0.3) is 0 Å². The van der Waals surface area contributed by atoms with Crippen LogP contribution in [0.5, 0.6) is 0 Å². The molecule has 7 unspecified atom stereocenters. The molecule has 0 aromatic carbocycles. The van der Waals surface area contributed by atoms with E-state index in [9.17, 15) is 0 Å². The van der Waals surface area contributed by atoms with Gasteiger partial charge in [-0.25, -0.2) is 0 Å². The van der Waals surface area contributed by atoms with Gasteiger partial charge in [0.1, 0.15) is 0 Å². The molecule has 2 rings (SSSR count). The molecule has 0 heterocycles. The van der Waals surface area contributed by atoms with Crippen molar-refractivity contribution in [1.82, 2.24) is 0 Å². The first kappa shape index (κ1) is 13.4. The van der Waals surface area contributed by atoms with Gasteiger partial charge >= 0.3 is 0 Å². The Morgan fingerprint density at radius 1 is 0.765 bits per heavy atom. The SMILES string of the molecule is CC(C)C1CC2C(CC(C)C1C)CC(C)C2C.